The fraction of sp³-hybridized carbons (Fsp3) is 0.150. The Hall–Kier alpha value is -2.44. The highest BCUT2D eigenvalue weighted by Crippen LogP contribution is 2.35. The molecule has 2 aromatic carbocycles. The molecule has 0 aliphatic heterocycles. The van der Waals surface area contributed by atoms with Crippen molar-refractivity contribution in [3.63, 3.8) is 0 Å². The molecule has 4 nitrogen and oxygen atoms in total. The summed E-state index contributed by atoms with van der Waals surface area (Å²) in [7, 11) is -2.12. The third-order valence-corrected chi connectivity index (χ3v) is 7.32. The fourth-order valence-corrected chi connectivity index (χ4v) is 5.55. The number of ketones is 1. The number of carbonyl (C=O) groups is 1. The summed E-state index contributed by atoms with van der Waals surface area (Å²) in [5.74, 6) is 0.429. The number of Topliss-reactive ketones (excluding diaryl/α,β-unsaturated/α-hetero) is 1. The maximum atomic E-state index is 13.1. The highest BCUT2D eigenvalue weighted by molar-refractivity contribution is 7.91. The van der Waals surface area contributed by atoms with Gasteiger partial charge in [0.15, 0.2) is 15.6 Å². The van der Waals surface area contributed by atoms with Crippen molar-refractivity contribution >= 4 is 27.0 Å². The minimum atomic E-state index is -3.68. The van der Waals surface area contributed by atoms with Gasteiger partial charge in [-0.2, -0.15) is 0 Å². The number of hydrogen-bond acceptors (Lipinski definition) is 5. The SMILES string of the molecule is COc1ccc(C(=O)C[C@@H](c2cccs2)S(=O)(=O)c2ccccc2)cc1. The van der Waals surface area contributed by atoms with Crippen molar-refractivity contribution in [3.05, 3.63) is 82.6 Å². The van der Waals surface area contributed by atoms with E-state index in [-0.39, 0.29) is 17.1 Å². The summed E-state index contributed by atoms with van der Waals surface area (Å²) in [5.41, 5.74) is 0.468. The van der Waals surface area contributed by atoms with E-state index in [0.717, 1.165) is 0 Å². The first-order chi connectivity index (χ1) is 12.5. The van der Waals surface area contributed by atoms with E-state index >= 15 is 0 Å². The van der Waals surface area contributed by atoms with Crippen molar-refractivity contribution in [2.24, 2.45) is 0 Å². The molecule has 0 spiro atoms. The Kier molecular flexibility index (Phi) is 5.54. The highest BCUT2D eigenvalue weighted by Gasteiger charge is 2.32. The molecule has 0 aliphatic carbocycles. The van der Waals surface area contributed by atoms with Crippen LogP contribution in [0.15, 0.2) is 77.0 Å². The topological polar surface area (TPSA) is 60.4 Å². The Morgan fingerprint density at radius 1 is 1.00 bits per heavy atom. The minimum Gasteiger partial charge on any atom is -0.497 e. The van der Waals surface area contributed by atoms with Gasteiger partial charge < -0.3 is 4.74 Å². The Balaban J connectivity index is 1.94. The van der Waals surface area contributed by atoms with E-state index in [4.69, 9.17) is 4.74 Å². The zero-order valence-corrected chi connectivity index (χ0v) is 15.8. The largest absolute Gasteiger partial charge is 0.497 e. The number of carbonyl (C=O) groups excluding carboxylic acids is 1. The molecule has 0 bridgehead atoms. The summed E-state index contributed by atoms with van der Waals surface area (Å²) >= 11 is 1.34. The molecule has 0 amide bonds. The van der Waals surface area contributed by atoms with Crippen molar-refractivity contribution in [1.29, 1.82) is 0 Å². The Bertz CT molecular complexity index is 960. The number of thiophene rings is 1. The number of hydrogen-bond donors (Lipinski definition) is 0. The lowest BCUT2D eigenvalue weighted by Crippen LogP contribution is -2.17. The van der Waals surface area contributed by atoms with E-state index in [2.05, 4.69) is 0 Å². The third kappa shape index (κ3) is 3.86. The first-order valence-electron chi connectivity index (χ1n) is 8.02. The van der Waals surface area contributed by atoms with Gasteiger partial charge in [-0.15, -0.1) is 11.3 Å². The molecule has 1 aromatic heterocycles. The van der Waals surface area contributed by atoms with E-state index in [0.29, 0.717) is 16.2 Å². The van der Waals surface area contributed by atoms with Gasteiger partial charge in [-0.25, -0.2) is 8.42 Å². The van der Waals surface area contributed by atoms with Crippen LogP contribution in [0.25, 0.3) is 0 Å². The van der Waals surface area contributed by atoms with E-state index in [9.17, 15) is 13.2 Å². The van der Waals surface area contributed by atoms with Gasteiger partial charge in [-0.1, -0.05) is 24.3 Å². The van der Waals surface area contributed by atoms with Crippen LogP contribution in [0.2, 0.25) is 0 Å². The molecule has 26 heavy (non-hydrogen) atoms. The van der Waals surface area contributed by atoms with Crippen LogP contribution in [-0.2, 0) is 9.84 Å². The molecule has 0 fully saturated rings. The summed E-state index contributed by atoms with van der Waals surface area (Å²) in [6, 6.07) is 18.5. The van der Waals surface area contributed by atoms with Gasteiger partial charge in [0.25, 0.3) is 0 Å². The van der Waals surface area contributed by atoms with Crippen LogP contribution in [-0.4, -0.2) is 21.3 Å². The molecule has 1 heterocycles. The predicted molar refractivity (Wildman–Crippen MR) is 103 cm³/mol. The zero-order chi connectivity index (χ0) is 18.6. The smallest absolute Gasteiger partial charge is 0.186 e. The molecule has 6 heteroatoms. The average Bonchev–Trinajstić information content (AvgIpc) is 3.20. The molecule has 1 atom stereocenters. The first kappa shape index (κ1) is 18.4. The zero-order valence-electron chi connectivity index (χ0n) is 14.2. The van der Waals surface area contributed by atoms with Gasteiger partial charge in [0, 0.05) is 16.9 Å². The van der Waals surface area contributed by atoms with Gasteiger partial charge in [0.05, 0.1) is 12.0 Å². The maximum Gasteiger partial charge on any atom is 0.186 e. The van der Waals surface area contributed by atoms with Crippen LogP contribution in [0.3, 0.4) is 0 Å². The summed E-state index contributed by atoms with van der Waals surface area (Å²) in [5, 5.41) is 0.917. The normalized spacial score (nSPS) is 12.5. The number of ether oxygens (including phenoxy) is 1. The second kappa shape index (κ2) is 7.85. The molecule has 0 N–H and O–H groups in total. The molecule has 0 aliphatic rings. The van der Waals surface area contributed by atoms with Crippen LogP contribution in [0, 0.1) is 0 Å². The maximum absolute atomic E-state index is 13.1. The number of methoxy groups -OCH3 is 1. The summed E-state index contributed by atoms with van der Waals surface area (Å²) < 4.78 is 31.4. The predicted octanol–water partition coefficient (Wildman–Crippen LogP) is 4.54. The average molecular weight is 386 g/mol. The van der Waals surface area contributed by atoms with Crippen LogP contribution < -0.4 is 4.74 Å². The number of benzene rings is 2. The van der Waals surface area contributed by atoms with Crippen molar-refractivity contribution in [1.82, 2.24) is 0 Å². The molecular formula is C20H18O4S2. The molecule has 134 valence electrons. The van der Waals surface area contributed by atoms with Gasteiger partial charge in [-0.05, 0) is 47.8 Å². The summed E-state index contributed by atoms with van der Waals surface area (Å²) in [6.07, 6.45) is -0.107. The van der Waals surface area contributed by atoms with E-state index in [1.54, 1.807) is 73.8 Å². The van der Waals surface area contributed by atoms with Crippen LogP contribution in [0.1, 0.15) is 26.9 Å². The standard InChI is InChI=1S/C20H18O4S2/c1-24-16-11-9-15(10-12-16)18(21)14-20(19-8-5-13-25-19)26(22,23)17-6-3-2-4-7-17/h2-13,20H,14H2,1H3/t20-/m0/s1. The lowest BCUT2D eigenvalue weighted by atomic mass is 10.1. The van der Waals surface area contributed by atoms with Crippen molar-refractivity contribution in [2.45, 2.75) is 16.6 Å². The Morgan fingerprint density at radius 2 is 1.69 bits per heavy atom. The van der Waals surface area contributed by atoms with Crippen molar-refractivity contribution in [3.8, 4) is 5.75 Å². The van der Waals surface area contributed by atoms with E-state index < -0.39 is 15.1 Å². The lowest BCUT2D eigenvalue weighted by Gasteiger charge is -2.16. The summed E-state index contributed by atoms with van der Waals surface area (Å²) in [6.45, 7) is 0. The van der Waals surface area contributed by atoms with Gasteiger partial charge in [-0.3, -0.25) is 4.79 Å². The lowest BCUT2D eigenvalue weighted by molar-refractivity contribution is 0.0981. The van der Waals surface area contributed by atoms with Crippen molar-refractivity contribution < 1.29 is 17.9 Å². The minimum absolute atomic E-state index is 0.107. The van der Waals surface area contributed by atoms with Crippen LogP contribution in [0.4, 0.5) is 0 Å². The molecule has 0 saturated heterocycles. The fourth-order valence-electron chi connectivity index (χ4n) is 2.68. The van der Waals surface area contributed by atoms with E-state index in [1.165, 1.54) is 11.3 Å². The Labute approximate surface area is 157 Å². The molecular weight excluding hydrogens is 368 g/mol. The van der Waals surface area contributed by atoms with Crippen LogP contribution in [0.5, 0.6) is 5.75 Å². The second-order valence-electron chi connectivity index (χ2n) is 5.72. The highest BCUT2D eigenvalue weighted by atomic mass is 32.2. The van der Waals surface area contributed by atoms with E-state index in [1.807, 2.05) is 5.38 Å². The quantitative estimate of drug-likeness (QED) is 0.559. The number of rotatable bonds is 7. The molecule has 3 aromatic rings. The van der Waals surface area contributed by atoms with Crippen molar-refractivity contribution in [2.75, 3.05) is 7.11 Å². The molecule has 0 unspecified atom stereocenters. The van der Waals surface area contributed by atoms with Gasteiger partial charge in [0.2, 0.25) is 0 Å². The first-order valence-corrected chi connectivity index (χ1v) is 10.4. The van der Waals surface area contributed by atoms with Gasteiger partial charge in [0.1, 0.15) is 11.0 Å². The Morgan fingerprint density at radius 3 is 2.27 bits per heavy atom. The van der Waals surface area contributed by atoms with Crippen LogP contribution >= 0.6 is 11.3 Å². The monoisotopic (exact) mass is 386 g/mol. The molecule has 3 rings (SSSR count). The molecule has 0 saturated carbocycles. The molecule has 0 radical (unpaired) electrons. The second-order valence-corrected chi connectivity index (χ2v) is 8.83. The number of sulfone groups is 1. The summed E-state index contributed by atoms with van der Waals surface area (Å²) in [4.78, 5) is 13.6. The van der Waals surface area contributed by atoms with Gasteiger partial charge >= 0.3 is 0 Å². The third-order valence-electron chi connectivity index (χ3n) is 4.09.